The molecule has 2 N–H and O–H groups in total. The molecule has 0 amide bonds. The Bertz CT molecular complexity index is 366. The molecule has 0 heterocycles. The highest BCUT2D eigenvalue weighted by atomic mass is 32.2. The summed E-state index contributed by atoms with van der Waals surface area (Å²) < 4.78 is 25.7. The predicted molar refractivity (Wildman–Crippen MR) is 52.2 cm³/mol. The highest BCUT2D eigenvalue weighted by Crippen LogP contribution is 2.11. The highest BCUT2D eigenvalue weighted by molar-refractivity contribution is 7.80. The molecule has 0 spiro atoms. The van der Waals surface area contributed by atoms with E-state index in [0.29, 0.717) is 11.3 Å². The van der Waals surface area contributed by atoms with Crippen molar-refractivity contribution < 1.29 is 18.3 Å². The number of ether oxygens (including phenoxy) is 1. The number of rotatable bonds is 3. The molecule has 1 atom stereocenters. The minimum Gasteiger partial charge on any atom is -0.465 e. The van der Waals surface area contributed by atoms with Crippen LogP contribution in [0.25, 0.3) is 0 Å². The molecule has 0 bridgehead atoms. The van der Waals surface area contributed by atoms with Crippen LogP contribution in [0, 0.1) is 0 Å². The van der Waals surface area contributed by atoms with E-state index in [9.17, 15) is 9.00 Å². The third-order valence-electron chi connectivity index (χ3n) is 1.49. The van der Waals surface area contributed by atoms with Crippen molar-refractivity contribution >= 4 is 22.9 Å². The average Bonchev–Trinajstić information content (AvgIpc) is 2.16. The van der Waals surface area contributed by atoms with Crippen LogP contribution in [0.2, 0.25) is 0 Å². The Morgan fingerprint density at radius 1 is 1.57 bits per heavy atom. The lowest BCUT2D eigenvalue weighted by atomic mass is 10.2. The molecule has 0 aromatic heterocycles. The Morgan fingerprint density at radius 2 is 2.29 bits per heavy atom. The van der Waals surface area contributed by atoms with Crippen LogP contribution in [-0.4, -0.2) is 21.8 Å². The number of nitrogens with one attached hydrogen (secondary N) is 1. The van der Waals surface area contributed by atoms with E-state index in [-0.39, 0.29) is 0 Å². The minimum absolute atomic E-state index is 0.322. The smallest absolute Gasteiger partial charge is 0.337 e. The van der Waals surface area contributed by atoms with Gasteiger partial charge in [-0.1, -0.05) is 6.07 Å². The minimum atomic E-state index is -2.14. The highest BCUT2D eigenvalue weighted by Gasteiger charge is 2.05. The monoisotopic (exact) mass is 215 g/mol. The Kier molecular flexibility index (Phi) is 3.61. The van der Waals surface area contributed by atoms with Gasteiger partial charge in [-0.25, -0.2) is 9.00 Å². The first-order valence-electron chi connectivity index (χ1n) is 3.69. The van der Waals surface area contributed by atoms with Crippen molar-refractivity contribution in [3.63, 3.8) is 0 Å². The first-order valence-corrected chi connectivity index (χ1v) is 4.80. The zero-order valence-electron chi connectivity index (χ0n) is 7.39. The van der Waals surface area contributed by atoms with Crippen LogP contribution in [-0.2, 0) is 16.0 Å². The van der Waals surface area contributed by atoms with Crippen molar-refractivity contribution in [2.45, 2.75) is 0 Å². The summed E-state index contributed by atoms with van der Waals surface area (Å²) in [6.45, 7) is 0. The summed E-state index contributed by atoms with van der Waals surface area (Å²) in [5.41, 5.74) is 0.705. The second-order valence-corrected chi connectivity index (χ2v) is 3.13. The van der Waals surface area contributed by atoms with Crippen LogP contribution >= 0.6 is 0 Å². The van der Waals surface area contributed by atoms with Crippen molar-refractivity contribution in [2.75, 3.05) is 11.8 Å². The van der Waals surface area contributed by atoms with Gasteiger partial charge in [-0.3, -0.25) is 9.27 Å². The molecule has 0 aliphatic carbocycles. The molecular formula is C8H9NO4S. The van der Waals surface area contributed by atoms with Gasteiger partial charge in [-0.05, 0) is 18.2 Å². The van der Waals surface area contributed by atoms with E-state index in [1.54, 1.807) is 18.2 Å². The second kappa shape index (κ2) is 4.73. The van der Waals surface area contributed by atoms with Gasteiger partial charge in [0.1, 0.15) is 0 Å². The van der Waals surface area contributed by atoms with E-state index >= 15 is 0 Å². The van der Waals surface area contributed by atoms with E-state index < -0.39 is 17.2 Å². The Hall–Kier alpha value is -1.40. The molecule has 0 saturated heterocycles. The number of benzene rings is 1. The van der Waals surface area contributed by atoms with Gasteiger partial charge in [-0.2, -0.15) is 0 Å². The summed E-state index contributed by atoms with van der Waals surface area (Å²) >= 11 is -2.14. The van der Waals surface area contributed by atoms with Crippen molar-refractivity contribution in [1.29, 1.82) is 0 Å². The molecule has 0 aliphatic rings. The number of carbonyl (C=O) groups excluding carboxylic acids is 1. The maximum absolute atomic E-state index is 11.1. The van der Waals surface area contributed by atoms with Crippen molar-refractivity contribution in [3.8, 4) is 0 Å². The number of anilines is 1. The predicted octanol–water partition coefficient (Wildman–Crippen LogP) is 1.02. The van der Waals surface area contributed by atoms with Crippen LogP contribution in [0.1, 0.15) is 10.4 Å². The molecule has 0 radical (unpaired) electrons. The van der Waals surface area contributed by atoms with E-state index in [2.05, 4.69) is 9.46 Å². The van der Waals surface area contributed by atoms with Gasteiger partial charge >= 0.3 is 5.97 Å². The fourth-order valence-corrected chi connectivity index (χ4v) is 1.26. The van der Waals surface area contributed by atoms with Gasteiger partial charge in [0.25, 0.3) is 11.3 Å². The normalized spacial score (nSPS) is 11.9. The third-order valence-corrected chi connectivity index (χ3v) is 1.90. The SMILES string of the molecule is COC(=O)c1cccc(NS(=O)O)c1. The lowest BCUT2D eigenvalue weighted by Gasteiger charge is -2.03. The molecule has 76 valence electrons. The number of carbonyl (C=O) groups is 1. The van der Waals surface area contributed by atoms with E-state index in [4.69, 9.17) is 4.55 Å². The molecular weight excluding hydrogens is 206 g/mol. The van der Waals surface area contributed by atoms with Gasteiger partial charge in [0.2, 0.25) is 0 Å². The standard InChI is InChI=1S/C8H9NO4S/c1-13-8(10)6-3-2-4-7(5-6)9-14(11)12/h2-5,9H,1H3,(H,11,12). The Labute approximate surface area is 83.5 Å². The lowest BCUT2D eigenvalue weighted by Crippen LogP contribution is -2.05. The number of esters is 1. The van der Waals surface area contributed by atoms with Crippen LogP contribution in [0.4, 0.5) is 5.69 Å². The molecule has 0 fully saturated rings. The summed E-state index contributed by atoms with van der Waals surface area (Å²) in [5.74, 6) is -0.489. The summed E-state index contributed by atoms with van der Waals surface area (Å²) in [5, 5.41) is 0. The van der Waals surface area contributed by atoms with Crippen molar-refractivity contribution in [2.24, 2.45) is 0 Å². The summed E-state index contributed by atoms with van der Waals surface area (Å²) in [7, 11) is 1.27. The zero-order valence-corrected chi connectivity index (χ0v) is 8.21. The Balaban J connectivity index is 2.89. The van der Waals surface area contributed by atoms with Gasteiger partial charge in [0.05, 0.1) is 12.7 Å². The zero-order chi connectivity index (χ0) is 10.6. The molecule has 0 saturated carbocycles. The van der Waals surface area contributed by atoms with Gasteiger partial charge in [-0.15, -0.1) is 0 Å². The first-order chi connectivity index (χ1) is 6.63. The lowest BCUT2D eigenvalue weighted by molar-refractivity contribution is 0.0601. The Morgan fingerprint density at radius 3 is 2.86 bits per heavy atom. The number of hydrogen-bond donors (Lipinski definition) is 2. The fourth-order valence-electron chi connectivity index (χ4n) is 0.928. The first kappa shape index (κ1) is 10.7. The second-order valence-electron chi connectivity index (χ2n) is 2.42. The molecule has 1 aromatic carbocycles. The van der Waals surface area contributed by atoms with Crippen molar-refractivity contribution in [1.82, 2.24) is 0 Å². The number of methoxy groups -OCH3 is 1. The van der Waals surface area contributed by atoms with Crippen LogP contribution in [0.5, 0.6) is 0 Å². The van der Waals surface area contributed by atoms with E-state index in [1.807, 2.05) is 0 Å². The van der Waals surface area contributed by atoms with Crippen LogP contribution in [0.15, 0.2) is 24.3 Å². The largest absolute Gasteiger partial charge is 0.465 e. The van der Waals surface area contributed by atoms with Crippen molar-refractivity contribution in [3.05, 3.63) is 29.8 Å². The average molecular weight is 215 g/mol. The third kappa shape index (κ3) is 2.82. The van der Waals surface area contributed by atoms with Crippen LogP contribution < -0.4 is 4.72 Å². The maximum atomic E-state index is 11.1. The molecule has 6 heteroatoms. The fraction of sp³-hybridized carbons (Fsp3) is 0.125. The molecule has 1 aromatic rings. The maximum Gasteiger partial charge on any atom is 0.337 e. The van der Waals surface area contributed by atoms with E-state index in [0.717, 1.165) is 0 Å². The van der Waals surface area contributed by atoms with Crippen LogP contribution in [0.3, 0.4) is 0 Å². The van der Waals surface area contributed by atoms with E-state index in [1.165, 1.54) is 13.2 Å². The summed E-state index contributed by atoms with van der Waals surface area (Å²) in [4.78, 5) is 11.1. The number of hydrogen-bond acceptors (Lipinski definition) is 3. The molecule has 1 unspecified atom stereocenters. The van der Waals surface area contributed by atoms with Gasteiger partial charge in [0, 0.05) is 5.69 Å². The summed E-state index contributed by atoms with van der Waals surface area (Å²) in [6.07, 6.45) is 0. The molecule has 5 nitrogen and oxygen atoms in total. The summed E-state index contributed by atoms with van der Waals surface area (Å²) in [6, 6.07) is 6.14. The quantitative estimate of drug-likeness (QED) is 0.583. The van der Waals surface area contributed by atoms with Gasteiger partial charge in [0.15, 0.2) is 0 Å². The van der Waals surface area contributed by atoms with Gasteiger partial charge < -0.3 is 4.74 Å². The molecule has 0 aliphatic heterocycles. The molecule has 14 heavy (non-hydrogen) atoms. The topological polar surface area (TPSA) is 75.6 Å². The molecule has 1 rings (SSSR count).